The van der Waals surface area contributed by atoms with E-state index in [4.69, 9.17) is 4.52 Å². The van der Waals surface area contributed by atoms with Crippen molar-refractivity contribution in [2.45, 2.75) is 17.9 Å². The maximum atomic E-state index is 13.0. The molecule has 0 saturated carbocycles. The highest BCUT2D eigenvalue weighted by molar-refractivity contribution is 7.89. The zero-order chi connectivity index (χ0) is 19.6. The summed E-state index contributed by atoms with van der Waals surface area (Å²) < 4.78 is 44.8. The molecule has 9 heteroatoms. The lowest BCUT2D eigenvalue weighted by Gasteiger charge is -2.12. The molecule has 0 aliphatic carbocycles. The smallest absolute Gasteiger partial charge is 0.296 e. The molecule has 0 aliphatic heterocycles. The summed E-state index contributed by atoms with van der Waals surface area (Å²) in [4.78, 5) is 12.2. The average molecular weight is 391 g/mol. The molecule has 1 heterocycles. The van der Waals surface area contributed by atoms with Crippen LogP contribution in [0.3, 0.4) is 0 Å². The number of halogens is 1. The molecule has 0 aliphatic rings. The molecule has 3 aromatic rings. The monoisotopic (exact) mass is 391 g/mol. The van der Waals surface area contributed by atoms with E-state index in [0.717, 1.165) is 9.87 Å². The lowest BCUT2D eigenvalue weighted by atomic mass is 10.1. The van der Waals surface area contributed by atoms with Crippen LogP contribution in [0.15, 0.2) is 62.7 Å². The third kappa shape index (κ3) is 4.15. The molecule has 0 radical (unpaired) electrons. The number of nitrogens with zero attached hydrogens (tertiary/aromatic N) is 3. The molecule has 0 atom stereocenters. The zero-order valence-corrected chi connectivity index (χ0v) is 15.6. The van der Waals surface area contributed by atoms with Gasteiger partial charge in [-0.05, 0) is 35.4 Å². The van der Waals surface area contributed by atoms with Gasteiger partial charge in [-0.3, -0.25) is 9.09 Å². The van der Waals surface area contributed by atoms with Crippen molar-refractivity contribution < 1.29 is 17.3 Å². The third-order valence-corrected chi connectivity index (χ3v) is 5.87. The van der Waals surface area contributed by atoms with Crippen molar-refractivity contribution in [1.82, 2.24) is 14.0 Å². The van der Waals surface area contributed by atoms with Crippen LogP contribution in [-0.2, 0) is 23.0 Å². The van der Waals surface area contributed by atoms with Gasteiger partial charge < -0.3 is 0 Å². The van der Waals surface area contributed by atoms with E-state index in [9.17, 15) is 17.6 Å². The second kappa shape index (κ2) is 7.45. The second-order valence-electron chi connectivity index (χ2n) is 6.19. The summed E-state index contributed by atoms with van der Waals surface area (Å²) in [5.74, 6) is -0.629. The van der Waals surface area contributed by atoms with Crippen LogP contribution in [0, 0.1) is 5.82 Å². The summed E-state index contributed by atoms with van der Waals surface area (Å²) in [5.41, 5.74) is 1.38. The predicted molar refractivity (Wildman–Crippen MR) is 96.4 cm³/mol. The van der Waals surface area contributed by atoms with Crippen molar-refractivity contribution in [3.8, 4) is 0 Å². The molecule has 0 amide bonds. The molecule has 0 spiro atoms. The van der Waals surface area contributed by atoms with Crippen molar-refractivity contribution in [3.05, 3.63) is 81.9 Å². The maximum absolute atomic E-state index is 13.0. The lowest BCUT2D eigenvalue weighted by molar-refractivity contribution is 0.375. The Hall–Kier alpha value is -2.78. The Bertz CT molecular complexity index is 1100. The SMILES string of the molecule is CN(C)S(=O)(=O)c1cccc(Cn2c(Cc3ccc(F)cc3)noc2=O)c1. The summed E-state index contributed by atoms with van der Waals surface area (Å²) in [5, 5.41) is 3.78. The van der Waals surface area contributed by atoms with Crippen LogP contribution in [0.25, 0.3) is 0 Å². The van der Waals surface area contributed by atoms with E-state index in [1.165, 1.54) is 42.9 Å². The Kier molecular flexibility index (Phi) is 5.24. The first-order chi connectivity index (χ1) is 12.8. The van der Waals surface area contributed by atoms with Crippen LogP contribution in [0.5, 0.6) is 0 Å². The predicted octanol–water partition coefficient (Wildman–Crippen LogP) is 1.86. The van der Waals surface area contributed by atoms with Crippen molar-refractivity contribution in [1.29, 1.82) is 0 Å². The van der Waals surface area contributed by atoms with Crippen LogP contribution >= 0.6 is 0 Å². The van der Waals surface area contributed by atoms with Crippen LogP contribution in [0.2, 0.25) is 0 Å². The van der Waals surface area contributed by atoms with Gasteiger partial charge in [-0.2, -0.15) is 0 Å². The Morgan fingerprint density at radius 1 is 1.11 bits per heavy atom. The van der Waals surface area contributed by atoms with E-state index in [-0.39, 0.29) is 23.7 Å². The summed E-state index contributed by atoms with van der Waals surface area (Å²) in [6, 6.07) is 12.2. The summed E-state index contributed by atoms with van der Waals surface area (Å²) >= 11 is 0. The summed E-state index contributed by atoms with van der Waals surface area (Å²) in [6.07, 6.45) is 0.279. The highest BCUT2D eigenvalue weighted by Crippen LogP contribution is 2.16. The number of benzene rings is 2. The number of hydrogen-bond donors (Lipinski definition) is 0. The van der Waals surface area contributed by atoms with Gasteiger partial charge in [0.25, 0.3) is 0 Å². The van der Waals surface area contributed by atoms with Gasteiger partial charge in [0.2, 0.25) is 10.0 Å². The first kappa shape index (κ1) is 19.0. The van der Waals surface area contributed by atoms with Crippen LogP contribution in [-0.4, -0.2) is 36.5 Å². The average Bonchev–Trinajstić information content (AvgIpc) is 2.97. The first-order valence-electron chi connectivity index (χ1n) is 8.08. The van der Waals surface area contributed by atoms with Crippen LogP contribution in [0.1, 0.15) is 17.0 Å². The van der Waals surface area contributed by atoms with Crippen molar-refractivity contribution in [3.63, 3.8) is 0 Å². The third-order valence-electron chi connectivity index (χ3n) is 4.05. The molecule has 142 valence electrons. The molecule has 0 unspecified atom stereocenters. The van der Waals surface area contributed by atoms with E-state index >= 15 is 0 Å². The van der Waals surface area contributed by atoms with Gasteiger partial charge in [0.15, 0.2) is 5.82 Å². The van der Waals surface area contributed by atoms with Gasteiger partial charge in [0.1, 0.15) is 5.82 Å². The van der Waals surface area contributed by atoms with Gasteiger partial charge >= 0.3 is 5.76 Å². The fourth-order valence-corrected chi connectivity index (χ4v) is 3.53. The number of rotatable bonds is 6. The molecule has 1 aromatic heterocycles. The quantitative estimate of drug-likeness (QED) is 0.640. The van der Waals surface area contributed by atoms with Crippen LogP contribution in [0.4, 0.5) is 4.39 Å². The Balaban J connectivity index is 1.90. The van der Waals surface area contributed by atoms with E-state index in [1.54, 1.807) is 24.3 Å². The van der Waals surface area contributed by atoms with Gasteiger partial charge in [-0.25, -0.2) is 21.9 Å². The largest absolute Gasteiger partial charge is 0.441 e. The van der Waals surface area contributed by atoms with Crippen LogP contribution < -0.4 is 5.76 Å². The molecule has 0 saturated heterocycles. The van der Waals surface area contributed by atoms with E-state index < -0.39 is 15.8 Å². The molecule has 3 rings (SSSR count). The molecular formula is C18H18FN3O4S. The first-order valence-corrected chi connectivity index (χ1v) is 9.52. The fraction of sp³-hybridized carbons (Fsp3) is 0.222. The van der Waals surface area contributed by atoms with Crippen molar-refractivity contribution in [2.24, 2.45) is 0 Å². The zero-order valence-electron chi connectivity index (χ0n) is 14.8. The summed E-state index contributed by atoms with van der Waals surface area (Å²) in [6.45, 7) is 0.107. The molecule has 2 aromatic carbocycles. The standard InChI is InChI=1S/C18H18FN3O4S/c1-21(2)27(24,25)16-5-3-4-14(10-16)12-22-17(20-26-18(22)23)11-13-6-8-15(19)9-7-13/h3-10H,11-12H2,1-2H3. The minimum absolute atomic E-state index is 0.107. The molecule has 7 nitrogen and oxygen atoms in total. The molecule has 27 heavy (non-hydrogen) atoms. The minimum atomic E-state index is -3.58. The van der Waals surface area contributed by atoms with Gasteiger partial charge in [-0.1, -0.05) is 29.4 Å². The van der Waals surface area contributed by atoms with E-state index in [1.807, 2.05) is 0 Å². The molecular weight excluding hydrogens is 373 g/mol. The van der Waals surface area contributed by atoms with Gasteiger partial charge in [-0.15, -0.1) is 0 Å². The Morgan fingerprint density at radius 2 is 1.81 bits per heavy atom. The van der Waals surface area contributed by atoms with E-state index in [0.29, 0.717) is 11.4 Å². The number of hydrogen-bond acceptors (Lipinski definition) is 5. The fourth-order valence-electron chi connectivity index (χ4n) is 2.56. The molecule has 0 N–H and O–H groups in total. The topological polar surface area (TPSA) is 85.4 Å². The molecule has 0 bridgehead atoms. The van der Waals surface area contributed by atoms with Crippen molar-refractivity contribution >= 4 is 10.0 Å². The van der Waals surface area contributed by atoms with Gasteiger partial charge in [0.05, 0.1) is 11.4 Å². The number of aromatic nitrogens is 2. The van der Waals surface area contributed by atoms with Gasteiger partial charge in [0, 0.05) is 20.5 Å². The Labute approximate surface area is 155 Å². The lowest BCUT2D eigenvalue weighted by Crippen LogP contribution is -2.22. The summed E-state index contributed by atoms with van der Waals surface area (Å²) in [7, 11) is -0.676. The normalized spacial score (nSPS) is 11.9. The Morgan fingerprint density at radius 3 is 2.48 bits per heavy atom. The number of sulfonamides is 1. The van der Waals surface area contributed by atoms with Crippen molar-refractivity contribution in [2.75, 3.05) is 14.1 Å². The minimum Gasteiger partial charge on any atom is -0.296 e. The highest BCUT2D eigenvalue weighted by Gasteiger charge is 2.18. The maximum Gasteiger partial charge on any atom is 0.441 e. The molecule has 0 fully saturated rings. The highest BCUT2D eigenvalue weighted by atomic mass is 32.2. The van der Waals surface area contributed by atoms with E-state index in [2.05, 4.69) is 5.16 Å². The second-order valence-corrected chi connectivity index (χ2v) is 8.34.